The fourth-order valence-corrected chi connectivity index (χ4v) is 3.12. The van der Waals surface area contributed by atoms with Crippen LogP contribution in [-0.2, 0) is 0 Å². The molecule has 2 rings (SSSR count). The van der Waals surface area contributed by atoms with Crippen molar-refractivity contribution >= 4 is 23.2 Å². The molecule has 0 radical (unpaired) electrons. The third-order valence-electron chi connectivity index (χ3n) is 4.26. The number of hydrogen-bond acceptors (Lipinski definition) is 3. The van der Waals surface area contributed by atoms with Gasteiger partial charge in [-0.25, -0.2) is 0 Å². The number of carbonyl (C=O) groups excluding carboxylic acids is 1. The number of primary amides is 1. The normalized spacial score (nSPS) is 22.6. The van der Waals surface area contributed by atoms with Crippen molar-refractivity contribution in [1.29, 1.82) is 0 Å². The van der Waals surface area contributed by atoms with Crippen LogP contribution in [0.3, 0.4) is 0 Å². The Bertz CT molecular complexity index is 484. The number of nitrogens with one attached hydrogen (secondary N) is 1. The Morgan fingerprint density at radius 2 is 2.00 bits per heavy atom. The number of halogens is 1. The van der Waals surface area contributed by atoms with Crippen LogP contribution in [0, 0.1) is 0 Å². The molecule has 3 N–H and O–H groups in total. The number of anilines is 1. The Morgan fingerprint density at radius 1 is 1.35 bits per heavy atom. The van der Waals surface area contributed by atoms with E-state index in [1.165, 1.54) is 0 Å². The molecule has 0 saturated heterocycles. The lowest BCUT2D eigenvalue weighted by molar-refractivity contribution is 0.100. The van der Waals surface area contributed by atoms with Crippen molar-refractivity contribution in [2.75, 3.05) is 19.0 Å². The number of hydrogen-bond donors (Lipinski definition) is 2. The van der Waals surface area contributed by atoms with Crippen molar-refractivity contribution in [1.82, 2.24) is 5.32 Å². The molecule has 1 aliphatic rings. The van der Waals surface area contributed by atoms with Crippen LogP contribution in [0.25, 0.3) is 0 Å². The summed E-state index contributed by atoms with van der Waals surface area (Å²) in [4.78, 5) is 13.7. The third kappa shape index (κ3) is 3.25. The molecule has 1 aliphatic carbocycles. The van der Waals surface area contributed by atoms with Gasteiger partial charge in [0, 0.05) is 24.2 Å². The van der Waals surface area contributed by atoms with Gasteiger partial charge in [-0.3, -0.25) is 4.79 Å². The summed E-state index contributed by atoms with van der Waals surface area (Å²) in [6.07, 6.45) is 4.51. The van der Waals surface area contributed by atoms with Gasteiger partial charge in [0.15, 0.2) is 0 Å². The van der Waals surface area contributed by atoms with Crippen LogP contribution in [0.5, 0.6) is 0 Å². The van der Waals surface area contributed by atoms with Crippen LogP contribution in [0.4, 0.5) is 5.69 Å². The fraction of sp³-hybridized carbons (Fsp3) is 0.533. The Labute approximate surface area is 125 Å². The number of rotatable bonds is 4. The van der Waals surface area contributed by atoms with Crippen molar-refractivity contribution in [2.24, 2.45) is 5.73 Å². The van der Waals surface area contributed by atoms with Crippen LogP contribution < -0.4 is 16.0 Å². The van der Waals surface area contributed by atoms with E-state index in [4.69, 9.17) is 17.3 Å². The van der Waals surface area contributed by atoms with Crippen LogP contribution in [-0.4, -0.2) is 32.1 Å². The second kappa shape index (κ2) is 6.46. The van der Waals surface area contributed by atoms with E-state index < -0.39 is 5.91 Å². The summed E-state index contributed by atoms with van der Waals surface area (Å²) in [7, 11) is 4.03. The van der Waals surface area contributed by atoms with E-state index in [1.807, 2.05) is 20.2 Å². The molecule has 0 spiro atoms. The number of benzene rings is 1. The zero-order chi connectivity index (χ0) is 14.7. The second-order valence-electron chi connectivity index (χ2n) is 5.43. The van der Waals surface area contributed by atoms with Crippen LogP contribution >= 0.6 is 11.6 Å². The van der Waals surface area contributed by atoms with E-state index in [0.717, 1.165) is 31.4 Å². The maximum Gasteiger partial charge on any atom is 0.250 e. The zero-order valence-electron chi connectivity index (χ0n) is 12.0. The first-order chi connectivity index (χ1) is 9.52. The molecular weight excluding hydrogens is 274 g/mol. The van der Waals surface area contributed by atoms with Crippen molar-refractivity contribution in [3.05, 3.63) is 28.8 Å². The Kier molecular flexibility index (Phi) is 4.89. The highest BCUT2D eigenvalue weighted by Gasteiger charge is 2.25. The maximum absolute atomic E-state index is 11.6. The Balaban J connectivity index is 2.18. The molecule has 1 fully saturated rings. The monoisotopic (exact) mass is 295 g/mol. The van der Waals surface area contributed by atoms with Crippen LogP contribution in [0.15, 0.2) is 18.2 Å². The highest BCUT2D eigenvalue weighted by Crippen LogP contribution is 2.30. The molecule has 0 atom stereocenters. The molecule has 0 aromatic heterocycles. The maximum atomic E-state index is 11.6. The summed E-state index contributed by atoms with van der Waals surface area (Å²) >= 11 is 6.06. The lowest BCUT2D eigenvalue weighted by Gasteiger charge is -2.36. The van der Waals surface area contributed by atoms with E-state index in [0.29, 0.717) is 22.7 Å². The van der Waals surface area contributed by atoms with E-state index in [2.05, 4.69) is 10.2 Å². The summed E-state index contributed by atoms with van der Waals surface area (Å²) in [6, 6.07) is 6.27. The number of carbonyl (C=O) groups is 1. The minimum Gasteiger partial charge on any atom is -0.371 e. The summed E-state index contributed by atoms with van der Waals surface area (Å²) in [5.41, 5.74) is 6.82. The van der Waals surface area contributed by atoms with Gasteiger partial charge in [-0.1, -0.05) is 11.6 Å². The van der Waals surface area contributed by atoms with Gasteiger partial charge in [0.25, 0.3) is 5.91 Å². The third-order valence-corrected chi connectivity index (χ3v) is 4.49. The van der Waals surface area contributed by atoms with Gasteiger partial charge >= 0.3 is 0 Å². The molecule has 0 aliphatic heterocycles. The minimum atomic E-state index is -0.410. The second-order valence-corrected chi connectivity index (χ2v) is 5.87. The average molecular weight is 296 g/mol. The van der Waals surface area contributed by atoms with E-state index in [9.17, 15) is 4.79 Å². The highest BCUT2D eigenvalue weighted by molar-refractivity contribution is 6.31. The molecule has 1 aromatic carbocycles. The number of nitrogens with two attached hydrogens (primary N) is 1. The molecule has 5 heteroatoms. The molecule has 4 nitrogen and oxygen atoms in total. The standard InChI is InChI=1S/C15H22ClN3O/c1-18-11-4-6-12(7-5-11)19(2)14-9-10(16)3-8-13(14)15(17)20/h3,8-9,11-12,18H,4-7H2,1-2H3,(H2,17,20). The van der Waals surface area contributed by atoms with Crippen LogP contribution in [0.2, 0.25) is 5.02 Å². The zero-order valence-corrected chi connectivity index (χ0v) is 12.8. The topological polar surface area (TPSA) is 58.4 Å². The molecule has 1 saturated carbocycles. The minimum absolute atomic E-state index is 0.410. The fourth-order valence-electron chi connectivity index (χ4n) is 2.95. The summed E-state index contributed by atoms with van der Waals surface area (Å²) in [5.74, 6) is -0.410. The first-order valence-corrected chi connectivity index (χ1v) is 7.40. The van der Waals surface area contributed by atoms with Crippen LogP contribution in [0.1, 0.15) is 36.0 Å². The van der Waals surface area contributed by atoms with Gasteiger partial charge < -0.3 is 16.0 Å². The van der Waals surface area contributed by atoms with Gasteiger partial charge in [-0.15, -0.1) is 0 Å². The molecule has 1 aromatic rings. The quantitative estimate of drug-likeness (QED) is 0.897. The van der Waals surface area contributed by atoms with E-state index in [-0.39, 0.29) is 0 Å². The molecule has 1 amide bonds. The SMILES string of the molecule is CNC1CCC(N(C)c2cc(Cl)ccc2C(N)=O)CC1. The molecule has 0 heterocycles. The largest absolute Gasteiger partial charge is 0.371 e. The predicted octanol–water partition coefficient (Wildman–Crippen LogP) is 2.41. The summed E-state index contributed by atoms with van der Waals surface area (Å²) in [5, 5.41) is 3.95. The molecule has 0 bridgehead atoms. The Morgan fingerprint density at radius 3 is 2.55 bits per heavy atom. The van der Waals surface area contributed by atoms with Gasteiger partial charge in [-0.2, -0.15) is 0 Å². The van der Waals surface area contributed by atoms with Gasteiger partial charge in [0.05, 0.1) is 11.3 Å². The van der Waals surface area contributed by atoms with Gasteiger partial charge in [0.1, 0.15) is 0 Å². The summed E-state index contributed by atoms with van der Waals surface area (Å²) in [6.45, 7) is 0. The van der Waals surface area contributed by atoms with Crippen molar-refractivity contribution in [3.8, 4) is 0 Å². The van der Waals surface area contributed by atoms with Gasteiger partial charge in [0.2, 0.25) is 0 Å². The molecule has 0 unspecified atom stereocenters. The van der Waals surface area contributed by atoms with Crippen molar-refractivity contribution in [3.63, 3.8) is 0 Å². The average Bonchev–Trinajstić information content (AvgIpc) is 2.46. The Hall–Kier alpha value is -1.26. The molecule has 20 heavy (non-hydrogen) atoms. The van der Waals surface area contributed by atoms with E-state index in [1.54, 1.807) is 12.1 Å². The smallest absolute Gasteiger partial charge is 0.250 e. The van der Waals surface area contributed by atoms with E-state index >= 15 is 0 Å². The van der Waals surface area contributed by atoms with Crippen molar-refractivity contribution < 1.29 is 4.79 Å². The molecule has 110 valence electrons. The first kappa shape index (κ1) is 15.1. The number of amides is 1. The highest BCUT2D eigenvalue weighted by atomic mass is 35.5. The van der Waals surface area contributed by atoms with Crippen molar-refractivity contribution in [2.45, 2.75) is 37.8 Å². The lowest BCUT2D eigenvalue weighted by Crippen LogP contribution is -2.40. The van der Waals surface area contributed by atoms with Gasteiger partial charge in [-0.05, 0) is 50.9 Å². The first-order valence-electron chi connectivity index (χ1n) is 7.02. The predicted molar refractivity (Wildman–Crippen MR) is 83.5 cm³/mol. The molecular formula is C15H22ClN3O. The summed E-state index contributed by atoms with van der Waals surface area (Å²) < 4.78 is 0. The lowest BCUT2D eigenvalue weighted by atomic mass is 9.90. The number of nitrogens with zero attached hydrogens (tertiary/aromatic N) is 1.